The molecule has 27 heavy (non-hydrogen) atoms. The molecule has 0 aliphatic heterocycles. The number of carbonyl (C=O) groups is 2. The number of carbonyl (C=O) groups excluding carboxylic acids is 2. The van der Waals surface area contributed by atoms with E-state index in [1.54, 1.807) is 24.4 Å². The minimum atomic E-state index is -3.62. The fraction of sp³-hybridized carbons (Fsp3) is 0.333. The summed E-state index contributed by atoms with van der Waals surface area (Å²) in [5, 5.41) is 11.2. The molecule has 7 nitrogen and oxygen atoms in total. The molecule has 142 valence electrons. The van der Waals surface area contributed by atoms with Crippen LogP contribution in [0, 0.1) is 25.2 Å². The smallest absolute Gasteiger partial charge is 0.307 e. The lowest BCUT2D eigenvalue weighted by atomic mass is 10.1. The molecular formula is C18H18N2O5S2. The number of nitrogens with zero attached hydrogens (tertiary/aromatic N) is 2. The third-order valence-electron chi connectivity index (χ3n) is 3.67. The van der Waals surface area contributed by atoms with Crippen LogP contribution in [0.4, 0.5) is 0 Å². The first kappa shape index (κ1) is 20.7. The number of hydrogen-bond acceptors (Lipinski definition) is 8. The van der Waals surface area contributed by atoms with E-state index in [0.29, 0.717) is 10.7 Å². The van der Waals surface area contributed by atoms with Crippen molar-refractivity contribution in [1.29, 1.82) is 5.26 Å². The fourth-order valence-corrected chi connectivity index (χ4v) is 4.24. The molecular weight excluding hydrogens is 388 g/mol. The van der Waals surface area contributed by atoms with Crippen LogP contribution in [0.15, 0.2) is 34.5 Å². The number of ether oxygens (including phenoxy) is 1. The van der Waals surface area contributed by atoms with E-state index in [2.05, 4.69) is 4.98 Å². The standard InChI is InChI=1S/C18H18N2O5S2/c1-12-3-5-14(6-4-12)27(23,24)8-7-17(22)25-10-16(21)15(9-19)18-20-13(2)11-26-18/h3-6,11,15H,7-8,10H2,1-2H3/t15-/m0/s1. The first-order chi connectivity index (χ1) is 12.7. The Hall–Kier alpha value is -2.57. The van der Waals surface area contributed by atoms with E-state index in [-0.39, 0.29) is 11.3 Å². The van der Waals surface area contributed by atoms with Crippen LogP contribution in [0.2, 0.25) is 0 Å². The van der Waals surface area contributed by atoms with E-state index in [0.717, 1.165) is 5.56 Å². The summed E-state index contributed by atoms with van der Waals surface area (Å²) in [4.78, 5) is 28.1. The number of esters is 1. The summed E-state index contributed by atoms with van der Waals surface area (Å²) in [6, 6.07) is 8.15. The van der Waals surface area contributed by atoms with Gasteiger partial charge >= 0.3 is 5.97 Å². The molecule has 0 aliphatic rings. The summed E-state index contributed by atoms with van der Waals surface area (Å²) in [7, 11) is -3.62. The van der Waals surface area contributed by atoms with Crippen LogP contribution in [0.25, 0.3) is 0 Å². The number of thiazole rings is 1. The molecule has 0 bridgehead atoms. The monoisotopic (exact) mass is 406 g/mol. The van der Waals surface area contributed by atoms with Gasteiger partial charge in [-0.1, -0.05) is 17.7 Å². The fourth-order valence-electron chi connectivity index (χ4n) is 2.16. The molecule has 1 atom stereocenters. The number of Topliss-reactive ketones (excluding diaryl/α,β-unsaturated/α-hetero) is 1. The van der Waals surface area contributed by atoms with Gasteiger partial charge in [-0.25, -0.2) is 13.4 Å². The summed E-state index contributed by atoms with van der Waals surface area (Å²) in [5.41, 5.74) is 1.62. The Morgan fingerprint density at radius 2 is 1.93 bits per heavy atom. The second-order valence-electron chi connectivity index (χ2n) is 5.90. The van der Waals surface area contributed by atoms with Gasteiger partial charge in [0.25, 0.3) is 0 Å². The minimum absolute atomic E-state index is 0.126. The maximum atomic E-state index is 12.2. The van der Waals surface area contributed by atoms with Crippen LogP contribution in [-0.4, -0.2) is 37.5 Å². The van der Waals surface area contributed by atoms with Crippen molar-refractivity contribution >= 4 is 32.9 Å². The number of hydrogen-bond donors (Lipinski definition) is 0. The molecule has 0 unspecified atom stereocenters. The van der Waals surface area contributed by atoms with Gasteiger partial charge < -0.3 is 4.74 Å². The van der Waals surface area contributed by atoms with Gasteiger partial charge in [0.05, 0.1) is 23.1 Å². The number of nitriles is 1. The summed E-state index contributed by atoms with van der Waals surface area (Å²) in [6.45, 7) is 2.99. The lowest BCUT2D eigenvalue weighted by Gasteiger charge is -2.08. The maximum Gasteiger partial charge on any atom is 0.307 e. The van der Waals surface area contributed by atoms with Gasteiger partial charge in [0.15, 0.2) is 28.1 Å². The molecule has 2 aromatic rings. The number of aryl methyl sites for hydroxylation is 2. The summed E-state index contributed by atoms with van der Waals surface area (Å²) in [5.74, 6) is -2.93. The summed E-state index contributed by atoms with van der Waals surface area (Å²) < 4.78 is 29.2. The van der Waals surface area contributed by atoms with Crippen LogP contribution < -0.4 is 0 Å². The molecule has 0 radical (unpaired) electrons. The van der Waals surface area contributed by atoms with E-state index >= 15 is 0 Å². The third-order valence-corrected chi connectivity index (χ3v) is 6.42. The van der Waals surface area contributed by atoms with Crippen LogP contribution in [0.5, 0.6) is 0 Å². The first-order valence-electron chi connectivity index (χ1n) is 8.02. The number of aromatic nitrogens is 1. The van der Waals surface area contributed by atoms with Crippen LogP contribution >= 0.6 is 11.3 Å². The zero-order chi connectivity index (χ0) is 20.0. The van der Waals surface area contributed by atoms with Crippen molar-refractivity contribution in [2.75, 3.05) is 12.4 Å². The molecule has 0 N–H and O–H groups in total. The molecule has 2 rings (SSSR count). The zero-order valence-electron chi connectivity index (χ0n) is 14.8. The predicted molar refractivity (Wildman–Crippen MR) is 99.0 cm³/mol. The van der Waals surface area contributed by atoms with E-state index < -0.39 is 39.9 Å². The Morgan fingerprint density at radius 3 is 2.48 bits per heavy atom. The van der Waals surface area contributed by atoms with Crippen LogP contribution in [0.1, 0.15) is 28.6 Å². The molecule has 0 fully saturated rings. The number of benzene rings is 1. The van der Waals surface area contributed by atoms with E-state index in [4.69, 9.17) is 10.00 Å². The molecule has 0 amide bonds. The number of rotatable bonds is 8. The van der Waals surface area contributed by atoms with Gasteiger partial charge in [-0.2, -0.15) is 5.26 Å². The SMILES string of the molecule is Cc1ccc(S(=O)(=O)CCC(=O)OCC(=O)[C@H](C#N)c2nc(C)cs2)cc1. The Morgan fingerprint density at radius 1 is 1.26 bits per heavy atom. The molecule has 0 spiro atoms. The van der Waals surface area contributed by atoms with Crippen LogP contribution in [0.3, 0.4) is 0 Å². The van der Waals surface area contributed by atoms with E-state index in [9.17, 15) is 18.0 Å². The molecule has 1 aromatic carbocycles. The van der Waals surface area contributed by atoms with Crippen molar-refractivity contribution in [2.24, 2.45) is 0 Å². The highest BCUT2D eigenvalue weighted by Gasteiger charge is 2.25. The normalized spacial score (nSPS) is 12.2. The average Bonchev–Trinajstić information content (AvgIpc) is 3.05. The lowest BCUT2D eigenvalue weighted by molar-refractivity contribution is -0.147. The number of ketones is 1. The van der Waals surface area contributed by atoms with E-state index in [1.165, 1.54) is 23.5 Å². The quantitative estimate of drug-likeness (QED) is 0.618. The Bertz CT molecular complexity index is 972. The summed E-state index contributed by atoms with van der Waals surface area (Å²) >= 11 is 1.18. The van der Waals surface area contributed by atoms with Gasteiger partial charge in [-0.3, -0.25) is 9.59 Å². The highest BCUT2D eigenvalue weighted by molar-refractivity contribution is 7.91. The van der Waals surface area contributed by atoms with Crippen molar-refractivity contribution in [3.05, 3.63) is 45.9 Å². The molecule has 0 aliphatic carbocycles. The third kappa shape index (κ3) is 5.70. The summed E-state index contributed by atoms with van der Waals surface area (Å²) in [6.07, 6.45) is -0.378. The van der Waals surface area contributed by atoms with Crippen molar-refractivity contribution in [3.63, 3.8) is 0 Å². The average molecular weight is 406 g/mol. The topological polar surface area (TPSA) is 114 Å². The van der Waals surface area contributed by atoms with Gasteiger partial charge in [-0.05, 0) is 26.0 Å². The first-order valence-corrected chi connectivity index (χ1v) is 10.6. The Labute approximate surface area is 161 Å². The van der Waals surface area contributed by atoms with Crippen molar-refractivity contribution < 1.29 is 22.7 Å². The Balaban J connectivity index is 1.87. The van der Waals surface area contributed by atoms with Gasteiger partial charge in [0.2, 0.25) is 0 Å². The van der Waals surface area contributed by atoms with Gasteiger partial charge in [-0.15, -0.1) is 11.3 Å². The van der Waals surface area contributed by atoms with Crippen molar-refractivity contribution in [2.45, 2.75) is 31.1 Å². The van der Waals surface area contributed by atoms with Gasteiger partial charge in [0.1, 0.15) is 5.01 Å². The highest BCUT2D eigenvalue weighted by Crippen LogP contribution is 2.21. The second-order valence-corrected chi connectivity index (χ2v) is 8.90. The second kappa shape index (κ2) is 8.88. The van der Waals surface area contributed by atoms with Gasteiger partial charge in [0, 0.05) is 11.1 Å². The Kier molecular flexibility index (Phi) is 6.82. The molecule has 0 saturated heterocycles. The molecule has 1 heterocycles. The highest BCUT2D eigenvalue weighted by atomic mass is 32.2. The number of sulfone groups is 1. The maximum absolute atomic E-state index is 12.2. The van der Waals surface area contributed by atoms with Crippen LogP contribution in [-0.2, 0) is 24.2 Å². The largest absolute Gasteiger partial charge is 0.458 e. The predicted octanol–water partition coefficient (Wildman–Crippen LogP) is 2.34. The van der Waals surface area contributed by atoms with Crippen molar-refractivity contribution in [1.82, 2.24) is 4.98 Å². The lowest BCUT2D eigenvalue weighted by Crippen LogP contribution is -2.21. The zero-order valence-corrected chi connectivity index (χ0v) is 16.5. The molecule has 9 heteroatoms. The van der Waals surface area contributed by atoms with E-state index in [1.807, 2.05) is 13.0 Å². The minimum Gasteiger partial charge on any atom is -0.458 e. The molecule has 0 saturated carbocycles. The molecule has 1 aromatic heterocycles. The van der Waals surface area contributed by atoms with Crippen molar-refractivity contribution in [3.8, 4) is 6.07 Å².